The summed E-state index contributed by atoms with van der Waals surface area (Å²) in [5.41, 5.74) is 7.92. The van der Waals surface area contributed by atoms with Crippen LogP contribution in [0.3, 0.4) is 0 Å². The van der Waals surface area contributed by atoms with Gasteiger partial charge in [0.05, 0.1) is 22.7 Å². The molecule has 0 spiro atoms. The lowest BCUT2D eigenvalue weighted by Gasteiger charge is -2.11. The van der Waals surface area contributed by atoms with E-state index in [0.29, 0.717) is 4.77 Å². The molecule has 3 N–H and O–H groups in total. The zero-order valence-electron chi connectivity index (χ0n) is 10.3. The van der Waals surface area contributed by atoms with Gasteiger partial charge in [-0.15, -0.1) is 0 Å². The highest BCUT2D eigenvalue weighted by Gasteiger charge is 2.17. The van der Waals surface area contributed by atoms with Gasteiger partial charge < -0.3 is 15.3 Å². The second-order valence-electron chi connectivity index (χ2n) is 4.42. The molecular weight excluding hydrogens is 260 g/mol. The van der Waals surface area contributed by atoms with Gasteiger partial charge in [0.15, 0.2) is 4.77 Å². The van der Waals surface area contributed by atoms with E-state index >= 15 is 0 Å². The zero-order chi connectivity index (χ0) is 13.6. The van der Waals surface area contributed by atoms with Crippen molar-refractivity contribution in [2.45, 2.75) is 13.0 Å². The number of primary amides is 1. The second kappa shape index (κ2) is 4.17. The summed E-state index contributed by atoms with van der Waals surface area (Å²) >= 11 is 5.28. The summed E-state index contributed by atoms with van der Waals surface area (Å²) in [7, 11) is 0. The minimum Gasteiger partial charge on any atom is -0.368 e. The molecule has 0 fully saturated rings. The summed E-state index contributed by atoms with van der Waals surface area (Å²) in [6.45, 7) is 1.74. The van der Waals surface area contributed by atoms with Gasteiger partial charge in [-0.3, -0.25) is 9.78 Å². The molecular formula is C13H12N4OS. The average Bonchev–Trinajstić information content (AvgIpc) is 2.74. The van der Waals surface area contributed by atoms with Crippen LogP contribution in [0.5, 0.6) is 0 Å². The second-order valence-corrected chi connectivity index (χ2v) is 4.80. The number of carbonyl (C=O) groups is 1. The Labute approximate surface area is 114 Å². The highest BCUT2D eigenvalue weighted by Crippen LogP contribution is 2.26. The Hall–Kier alpha value is -2.21. The van der Waals surface area contributed by atoms with E-state index < -0.39 is 11.9 Å². The van der Waals surface area contributed by atoms with Crippen LogP contribution in [0, 0.1) is 4.77 Å². The molecule has 0 saturated heterocycles. The van der Waals surface area contributed by atoms with E-state index in [0.717, 1.165) is 21.9 Å². The summed E-state index contributed by atoms with van der Waals surface area (Å²) in [6.07, 6.45) is 1.72. The van der Waals surface area contributed by atoms with Gasteiger partial charge in [-0.2, -0.15) is 0 Å². The lowest BCUT2D eigenvalue weighted by molar-refractivity contribution is -0.120. The number of rotatable bonds is 2. The number of aromatic amines is 1. The molecule has 1 unspecified atom stereocenters. The third-order valence-corrected chi connectivity index (χ3v) is 3.55. The molecule has 0 aliphatic rings. The Morgan fingerprint density at radius 3 is 2.95 bits per heavy atom. The molecule has 19 heavy (non-hydrogen) atoms. The molecule has 3 aromatic rings. The number of nitrogens with zero attached hydrogens (tertiary/aromatic N) is 2. The fourth-order valence-electron chi connectivity index (χ4n) is 2.25. The van der Waals surface area contributed by atoms with Crippen LogP contribution in [0.15, 0.2) is 30.5 Å². The summed E-state index contributed by atoms with van der Waals surface area (Å²) in [4.78, 5) is 18.9. The summed E-state index contributed by atoms with van der Waals surface area (Å²) in [5.74, 6) is -0.419. The molecule has 0 radical (unpaired) electrons. The predicted molar refractivity (Wildman–Crippen MR) is 76.3 cm³/mol. The number of hydrogen-bond acceptors (Lipinski definition) is 3. The molecule has 1 amide bonds. The number of para-hydroxylation sites is 1. The molecule has 2 aromatic heterocycles. The molecule has 2 heterocycles. The highest BCUT2D eigenvalue weighted by molar-refractivity contribution is 7.71. The van der Waals surface area contributed by atoms with Gasteiger partial charge in [0.25, 0.3) is 0 Å². The lowest BCUT2D eigenvalue weighted by Crippen LogP contribution is -2.24. The summed E-state index contributed by atoms with van der Waals surface area (Å²) < 4.78 is 2.22. The summed E-state index contributed by atoms with van der Waals surface area (Å²) in [6, 6.07) is 7.22. The average molecular weight is 272 g/mol. The molecule has 0 aliphatic heterocycles. The SMILES string of the molecule is CC(C(N)=O)n1c(=S)[nH]c2cnc3ccccc3c21. The van der Waals surface area contributed by atoms with Crippen LogP contribution >= 0.6 is 12.2 Å². The first-order valence-corrected chi connectivity index (χ1v) is 6.27. The Kier molecular flexibility index (Phi) is 2.60. The molecule has 0 aliphatic carbocycles. The van der Waals surface area contributed by atoms with E-state index in [1.807, 2.05) is 24.3 Å². The van der Waals surface area contributed by atoms with Crippen LogP contribution < -0.4 is 5.73 Å². The Balaban J connectivity index is 2.50. The van der Waals surface area contributed by atoms with Gasteiger partial charge in [-0.1, -0.05) is 18.2 Å². The van der Waals surface area contributed by atoms with Crippen LogP contribution in [-0.2, 0) is 4.79 Å². The Morgan fingerprint density at radius 1 is 1.47 bits per heavy atom. The number of fused-ring (bicyclic) bond motifs is 3. The third-order valence-electron chi connectivity index (χ3n) is 3.25. The standard InChI is InChI=1S/C13H12N4OS/c1-7(12(14)18)17-11-8-4-2-3-5-9(8)15-6-10(11)16-13(17)19/h2-7H,1H3,(H2,14,18)(H,16,19). The molecule has 96 valence electrons. The van der Waals surface area contributed by atoms with Gasteiger partial charge in [0.2, 0.25) is 5.91 Å². The van der Waals surface area contributed by atoms with Crippen molar-refractivity contribution in [1.29, 1.82) is 0 Å². The van der Waals surface area contributed by atoms with Gasteiger partial charge in [0.1, 0.15) is 6.04 Å². The molecule has 6 heteroatoms. The number of imidazole rings is 1. The summed E-state index contributed by atoms with van der Waals surface area (Å²) in [5, 5.41) is 0.945. The minimum atomic E-state index is -0.507. The van der Waals surface area contributed by atoms with E-state index in [-0.39, 0.29) is 0 Å². The number of benzene rings is 1. The van der Waals surface area contributed by atoms with Crippen LogP contribution in [0.2, 0.25) is 0 Å². The van der Waals surface area contributed by atoms with Crippen molar-refractivity contribution in [3.8, 4) is 0 Å². The predicted octanol–water partition coefficient (Wildman–Crippen LogP) is 2.29. The van der Waals surface area contributed by atoms with E-state index in [1.165, 1.54) is 0 Å². The number of hydrogen-bond donors (Lipinski definition) is 2. The van der Waals surface area contributed by atoms with Crippen LogP contribution in [0.25, 0.3) is 21.9 Å². The quantitative estimate of drug-likeness (QED) is 0.703. The van der Waals surface area contributed by atoms with Crippen molar-refractivity contribution in [2.24, 2.45) is 5.73 Å². The van der Waals surface area contributed by atoms with E-state index in [2.05, 4.69) is 9.97 Å². The number of pyridine rings is 1. The molecule has 5 nitrogen and oxygen atoms in total. The largest absolute Gasteiger partial charge is 0.368 e. The third kappa shape index (κ3) is 1.72. The molecule has 0 saturated carbocycles. The number of aromatic nitrogens is 3. The van der Waals surface area contributed by atoms with E-state index in [4.69, 9.17) is 18.0 Å². The lowest BCUT2D eigenvalue weighted by atomic mass is 10.2. The first kappa shape index (κ1) is 11.9. The topological polar surface area (TPSA) is 76.7 Å². The number of carbonyl (C=O) groups excluding carboxylic acids is 1. The molecule has 1 aromatic carbocycles. The minimum absolute atomic E-state index is 0.419. The van der Waals surface area contributed by atoms with Gasteiger partial charge in [0, 0.05) is 5.39 Å². The zero-order valence-corrected chi connectivity index (χ0v) is 11.1. The van der Waals surface area contributed by atoms with E-state index in [9.17, 15) is 4.79 Å². The van der Waals surface area contributed by atoms with Crippen molar-refractivity contribution in [3.63, 3.8) is 0 Å². The van der Waals surface area contributed by atoms with Crippen molar-refractivity contribution in [2.75, 3.05) is 0 Å². The number of nitrogens with two attached hydrogens (primary N) is 1. The maximum atomic E-state index is 11.5. The fourth-order valence-corrected chi connectivity index (χ4v) is 2.61. The van der Waals surface area contributed by atoms with Crippen LogP contribution in [-0.4, -0.2) is 20.4 Å². The van der Waals surface area contributed by atoms with Gasteiger partial charge in [-0.25, -0.2) is 0 Å². The number of amides is 1. The van der Waals surface area contributed by atoms with Crippen molar-refractivity contribution in [3.05, 3.63) is 35.2 Å². The van der Waals surface area contributed by atoms with Crippen molar-refractivity contribution < 1.29 is 4.79 Å². The van der Waals surface area contributed by atoms with Crippen LogP contribution in [0.1, 0.15) is 13.0 Å². The first-order chi connectivity index (χ1) is 9.09. The number of nitrogens with one attached hydrogen (secondary N) is 1. The normalized spacial score (nSPS) is 12.9. The maximum Gasteiger partial charge on any atom is 0.240 e. The van der Waals surface area contributed by atoms with Crippen LogP contribution in [0.4, 0.5) is 0 Å². The monoisotopic (exact) mass is 272 g/mol. The fraction of sp³-hybridized carbons (Fsp3) is 0.154. The maximum absolute atomic E-state index is 11.5. The van der Waals surface area contributed by atoms with Crippen molar-refractivity contribution in [1.82, 2.24) is 14.5 Å². The molecule has 3 rings (SSSR count). The van der Waals surface area contributed by atoms with E-state index in [1.54, 1.807) is 17.7 Å². The van der Waals surface area contributed by atoms with Gasteiger partial charge >= 0.3 is 0 Å². The Morgan fingerprint density at radius 2 is 2.21 bits per heavy atom. The highest BCUT2D eigenvalue weighted by atomic mass is 32.1. The smallest absolute Gasteiger partial charge is 0.240 e. The van der Waals surface area contributed by atoms with Gasteiger partial charge in [-0.05, 0) is 25.2 Å². The molecule has 0 bridgehead atoms. The molecule has 1 atom stereocenters. The first-order valence-electron chi connectivity index (χ1n) is 5.87. The number of H-pyrrole nitrogens is 1. The van der Waals surface area contributed by atoms with Crippen molar-refractivity contribution >= 4 is 40.1 Å². The Bertz CT molecular complexity index is 849.